The predicted molar refractivity (Wildman–Crippen MR) is 76.9 cm³/mol. The monoisotopic (exact) mass is 264 g/mol. The summed E-state index contributed by atoms with van der Waals surface area (Å²) >= 11 is 0. The van der Waals surface area contributed by atoms with Gasteiger partial charge in [-0.3, -0.25) is 4.79 Å². The first-order valence-electron chi connectivity index (χ1n) is 8.25. The highest BCUT2D eigenvalue weighted by Gasteiger charge is 2.53. The van der Waals surface area contributed by atoms with Gasteiger partial charge < -0.3 is 9.80 Å². The fourth-order valence-electron chi connectivity index (χ4n) is 4.38. The lowest BCUT2D eigenvalue weighted by atomic mass is 9.71. The van der Waals surface area contributed by atoms with Crippen molar-refractivity contribution in [3.63, 3.8) is 0 Å². The zero-order valence-corrected chi connectivity index (χ0v) is 12.4. The average molecular weight is 264 g/mol. The molecular formula is C16H28N2O. The molecular weight excluding hydrogens is 236 g/mol. The summed E-state index contributed by atoms with van der Waals surface area (Å²) in [6, 6.07) is 0. The van der Waals surface area contributed by atoms with Crippen molar-refractivity contribution >= 4 is 5.91 Å². The third-order valence-corrected chi connectivity index (χ3v) is 5.54. The molecule has 3 fully saturated rings. The summed E-state index contributed by atoms with van der Waals surface area (Å²) in [6.07, 6.45) is 9.18. The van der Waals surface area contributed by atoms with Crippen molar-refractivity contribution in [1.82, 2.24) is 9.80 Å². The number of carbonyl (C=O) groups excluding carboxylic acids is 1. The highest BCUT2D eigenvalue weighted by atomic mass is 16.2. The second kappa shape index (κ2) is 5.43. The molecule has 0 aromatic carbocycles. The molecule has 0 radical (unpaired) electrons. The number of hydrogen-bond donors (Lipinski definition) is 0. The standard InChI is InChI=1S/C16H28N2O/c1-2-17-10-6-9-16(12-17)13-18(15(16)19)11-14-7-4-3-5-8-14/h14H,2-13H2,1H3/t16-/m1/s1. The minimum Gasteiger partial charge on any atom is -0.341 e. The molecule has 108 valence electrons. The number of piperidine rings is 1. The lowest BCUT2D eigenvalue weighted by Crippen LogP contribution is -2.67. The van der Waals surface area contributed by atoms with Gasteiger partial charge in [0.1, 0.15) is 0 Å². The van der Waals surface area contributed by atoms with Crippen LogP contribution in [0.5, 0.6) is 0 Å². The van der Waals surface area contributed by atoms with Crippen molar-refractivity contribution in [2.75, 3.05) is 32.7 Å². The Morgan fingerprint density at radius 3 is 2.63 bits per heavy atom. The lowest BCUT2D eigenvalue weighted by Gasteiger charge is -2.54. The molecule has 1 spiro atoms. The molecule has 3 heteroatoms. The Bertz CT molecular complexity index is 338. The summed E-state index contributed by atoms with van der Waals surface area (Å²) < 4.78 is 0. The third-order valence-electron chi connectivity index (χ3n) is 5.54. The van der Waals surface area contributed by atoms with Gasteiger partial charge in [0, 0.05) is 19.6 Å². The minimum atomic E-state index is 0.0168. The molecule has 0 aromatic rings. The van der Waals surface area contributed by atoms with E-state index in [1.54, 1.807) is 0 Å². The summed E-state index contributed by atoms with van der Waals surface area (Å²) in [7, 11) is 0. The van der Waals surface area contributed by atoms with Crippen molar-refractivity contribution in [2.45, 2.75) is 51.9 Å². The van der Waals surface area contributed by atoms with Crippen LogP contribution in [0.3, 0.4) is 0 Å². The predicted octanol–water partition coefficient (Wildman–Crippen LogP) is 2.51. The summed E-state index contributed by atoms with van der Waals surface area (Å²) in [5, 5.41) is 0. The molecule has 1 aliphatic carbocycles. The fraction of sp³-hybridized carbons (Fsp3) is 0.938. The topological polar surface area (TPSA) is 23.6 Å². The van der Waals surface area contributed by atoms with Crippen LogP contribution in [0.4, 0.5) is 0 Å². The van der Waals surface area contributed by atoms with E-state index < -0.39 is 0 Å². The maximum absolute atomic E-state index is 12.6. The number of β-lactam (4-membered cyclic amide) rings is 1. The zero-order valence-electron chi connectivity index (χ0n) is 12.4. The lowest BCUT2D eigenvalue weighted by molar-refractivity contribution is -0.167. The van der Waals surface area contributed by atoms with Crippen LogP contribution in [-0.2, 0) is 4.79 Å². The molecule has 2 heterocycles. The van der Waals surface area contributed by atoms with Crippen LogP contribution in [0.2, 0.25) is 0 Å². The van der Waals surface area contributed by atoms with Gasteiger partial charge in [-0.05, 0) is 44.7 Å². The summed E-state index contributed by atoms with van der Waals surface area (Å²) in [5.74, 6) is 1.26. The highest BCUT2D eigenvalue weighted by Crippen LogP contribution is 2.41. The molecule has 1 saturated carbocycles. The van der Waals surface area contributed by atoms with Gasteiger partial charge >= 0.3 is 0 Å². The molecule has 3 aliphatic rings. The number of likely N-dealkylation sites (tertiary alicyclic amines) is 2. The van der Waals surface area contributed by atoms with Crippen molar-refractivity contribution in [2.24, 2.45) is 11.3 Å². The summed E-state index contributed by atoms with van der Waals surface area (Å²) in [6.45, 7) is 7.60. The van der Waals surface area contributed by atoms with Crippen molar-refractivity contribution in [3.05, 3.63) is 0 Å². The van der Waals surface area contributed by atoms with E-state index in [9.17, 15) is 4.79 Å². The molecule has 19 heavy (non-hydrogen) atoms. The first-order valence-corrected chi connectivity index (χ1v) is 8.25. The van der Waals surface area contributed by atoms with Gasteiger partial charge in [0.05, 0.1) is 5.41 Å². The Hall–Kier alpha value is -0.570. The summed E-state index contributed by atoms with van der Waals surface area (Å²) in [5.41, 5.74) is 0.0168. The van der Waals surface area contributed by atoms with Gasteiger partial charge in [-0.15, -0.1) is 0 Å². The van der Waals surface area contributed by atoms with E-state index in [1.165, 1.54) is 45.1 Å². The van der Waals surface area contributed by atoms with E-state index in [2.05, 4.69) is 16.7 Å². The molecule has 3 rings (SSSR count). The van der Waals surface area contributed by atoms with Crippen LogP contribution in [0.25, 0.3) is 0 Å². The highest BCUT2D eigenvalue weighted by molar-refractivity contribution is 5.89. The van der Waals surface area contributed by atoms with E-state index in [4.69, 9.17) is 0 Å². The number of amides is 1. The normalized spacial score (nSPS) is 33.7. The molecule has 1 atom stereocenters. The number of hydrogen-bond acceptors (Lipinski definition) is 2. The average Bonchev–Trinajstić information content (AvgIpc) is 2.48. The van der Waals surface area contributed by atoms with Crippen LogP contribution in [-0.4, -0.2) is 48.4 Å². The molecule has 1 amide bonds. The van der Waals surface area contributed by atoms with Gasteiger partial charge in [0.25, 0.3) is 0 Å². The Morgan fingerprint density at radius 1 is 1.16 bits per heavy atom. The van der Waals surface area contributed by atoms with Gasteiger partial charge in [0.15, 0.2) is 0 Å². The SMILES string of the molecule is CCN1CCC[C@@]2(C1)CN(CC1CCCCC1)C2=O. The number of nitrogens with zero attached hydrogens (tertiary/aromatic N) is 2. The Labute approximate surface area is 117 Å². The maximum atomic E-state index is 12.6. The van der Waals surface area contributed by atoms with E-state index >= 15 is 0 Å². The van der Waals surface area contributed by atoms with Gasteiger partial charge in [0.2, 0.25) is 5.91 Å². The van der Waals surface area contributed by atoms with Crippen molar-refractivity contribution in [3.8, 4) is 0 Å². The van der Waals surface area contributed by atoms with Crippen LogP contribution < -0.4 is 0 Å². The second-order valence-electron chi connectivity index (χ2n) is 6.94. The van der Waals surface area contributed by atoms with Crippen LogP contribution in [0.1, 0.15) is 51.9 Å². The van der Waals surface area contributed by atoms with Crippen LogP contribution in [0.15, 0.2) is 0 Å². The fourth-order valence-corrected chi connectivity index (χ4v) is 4.38. The Balaban J connectivity index is 1.53. The minimum absolute atomic E-state index is 0.0168. The molecule has 0 aromatic heterocycles. The van der Waals surface area contributed by atoms with Gasteiger partial charge in [-0.25, -0.2) is 0 Å². The number of carbonyl (C=O) groups is 1. The van der Waals surface area contributed by atoms with E-state index in [1.807, 2.05) is 0 Å². The van der Waals surface area contributed by atoms with Crippen LogP contribution in [0, 0.1) is 11.3 Å². The van der Waals surface area contributed by atoms with Crippen molar-refractivity contribution < 1.29 is 4.79 Å². The van der Waals surface area contributed by atoms with Crippen molar-refractivity contribution in [1.29, 1.82) is 0 Å². The molecule has 2 saturated heterocycles. The Kier molecular flexibility index (Phi) is 3.84. The van der Waals surface area contributed by atoms with E-state index in [-0.39, 0.29) is 5.41 Å². The molecule has 0 bridgehead atoms. The van der Waals surface area contributed by atoms with E-state index in [0.717, 1.165) is 38.5 Å². The third kappa shape index (κ3) is 2.54. The maximum Gasteiger partial charge on any atom is 0.231 e. The smallest absolute Gasteiger partial charge is 0.231 e. The van der Waals surface area contributed by atoms with Gasteiger partial charge in [-0.2, -0.15) is 0 Å². The summed E-state index contributed by atoms with van der Waals surface area (Å²) in [4.78, 5) is 17.2. The Morgan fingerprint density at radius 2 is 1.95 bits per heavy atom. The van der Waals surface area contributed by atoms with Gasteiger partial charge in [-0.1, -0.05) is 26.2 Å². The molecule has 2 aliphatic heterocycles. The molecule has 0 unspecified atom stereocenters. The molecule has 3 nitrogen and oxygen atoms in total. The first kappa shape index (κ1) is 13.4. The van der Waals surface area contributed by atoms with Crippen LogP contribution >= 0.6 is 0 Å². The number of rotatable bonds is 3. The van der Waals surface area contributed by atoms with E-state index in [0.29, 0.717) is 5.91 Å². The largest absolute Gasteiger partial charge is 0.341 e. The quantitative estimate of drug-likeness (QED) is 0.731. The zero-order chi connectivity index (χ0) is 13.3. The first-order chi connectivity index (χ1) is 9.23. The molecule has 0 N–H and O–H groups in total. The second-order valence-corrected chi connectivity index (χ2v) is 6.94.